The van der Waals surface area contributed by atoms with E-state index in [1.165, 1.54) is 11.0 Å². The highest BCUT2D eigenvalue weighted by atomic mass is 31.2. The van der Waals surface area contributed by atoms with Crippen molar-refractivity contribution in [3.63, 3.8) is 0 Å². The molecule has 1 fully saturated rings. The van der Waals surface area contributed by atoms with Crippen LogP contribution in [0.25, 0.3) is 0 Å². The lowest BCUT2D eigenvalue weighted by Gasteiger charge is -2.50. The Hall–Kier alpha value is -1.87. The summed E-state index contributed by atoms with van der Waals surface area (Å²) in [4.78, 5) is 35.8. The Morgan fingerprint density at radius 2 is 2.21 bits per heavy atom. The molecule has 1 amide bonds. The van der Waals surface area contributed by atoms with Crippen molar-refractivity contribution in [3.8, 4) is 11.8 Å². The largest absolute Gasteiger partial charge is 0.778 e. The van der Waals surface area contributed by atoms with E-state index >= 15 is 0 Å². The first kappa shape index (κ1) is 17.0. The molecule has 2 heterocycles. The van der Waals surface area contributed by atoms with Crippen LogP contribution in [0.3, 0.4) is 0 Å². The standard InChI is InChI=1S/C16H19N2O5P/c1-16(2)15(24(20,21)22)14(18-7-3-4-13(18)19)11-8-10(9-17)5-6-12(11)23-16/h5-6,8,14-15H,3-4,7H2,1-2H3,(H2,20,21,22)/p-1/t14-,15+/m1/s1. The number of fused-ring (bicyclic) bond motifs is 1. The number of hydrogen-bond acceptors (Lipinski definition) is 5. The molecule has 24 heavy (non-hydrogen) atoms. The van der Waals surface area contributed by atoms with Gasteiger partial charge in [0.25, 0.3) is 0 Å². The molecule has 0 saturated carbocycles. The van der Waals surface area contributed by atoms with Crippen molar-refractivity contribution < 1.29 is 23.9 Å². The van der Waals surface area contributed by atoms with Gasteiger partial charge in [0, 0.05) is 18.5 Å². The fourth-order valence-corrected chi connectivity index (χ4v) is 5.23. The van der Waals surface area contributed by atoms with Gasteiger partial charge >= 0.3 is 0 Å². The van der Waals surface area contributed by atoms with Crippen LogP contribution in [-0.2, 0) is 9.36 Å². The first-order valence-electron chi connectivity index (χ1n) is 7.71. The topological polar surface area (TPSA) is 114 Å². The molecule has 1 aromatic rings. The number of carbonyl (C=O) groups is 1. The quantitative estimate of drug-likeness (QED) is 0.805. The van der Waals surface area contributed by atoms with Gasteiger partial charge in [-0.25, -0.2) is 0 Å². The van der Waals surface area contributed by atoms with Crippen molar-refractivity contribution in [2.24, 2.45) is 0 Å². The van der Waals surface area contributed by atoms with Gasteiger partial charge in [-0.3, -0.25) is 4.79 Å². The third-order valence-corrected chi connectivity index (χ3v) is 6.25. The summed E-state index contributed by atoms with van der Waals surface area (Å²) in [6.07, 6.45) is 0.970. The van der Waals surface area contributed by atoms with Crippen LogP contribution in [0.1, 0.15) is 43.9 Å². The maximum absolute atomic E-state index is 12.3. The highest BCUT2D eigenvalue weighted by Gasteiger charge is 2.52. The number of nitriles is 1. The van der Waals surface area contributed by atoms with E-state index < -0.39 is 24.9 Å². The lowest BCUT2D eigenvalue weighted by atomic mass is 9.87. The van der Waals surface area contributed by atoms with Crippen LogP contribution in [0, 0.1) is 11.3 Å². The van der Waals surface area contributed by atoms with Crippen LogP contribution in [0.15, 0.2) is 18.2 Å². The Balaban J connectivity index is 2.23. The molecule has 3 atom stereocenters. The number of amides is 1. The zero-order valence-corrected chi connectivity index (χ0v) is 14.3. The van der Waals surface area contributed by atoms with Gasteiger partial charge < -0.3 is 24.0 Å². The molecule has 128 valence electrons. The summed E-state index contributed by atoms with van der Waals surface area (Å²) in [5.41, 5.74) is -1.75. The third-order valence-electron chi connectivity index (χ3n) is 4.64. The van der Waals surface area contributed by atoms with Gasteiger partial charge in [0.05, 0.1) is 23.3 Å². The number of carbonyl (C=O) groups excluding carboxylic acids is 1. The van der Waals surface area contributed by atoms with E-state index in [4.69, 9.17) is 10.00 Å². The predicted molar refractivity (Wildman–Crippen MR) is 83.2 cm³/mol. The van der Waals surface area contributed by atoms with Gasteiger partial charge in [-0.15, -0.1) is 0 Å². The minimum Gasteiger partial charge on any atom is -0.778 e. The van der Waals surface area contributed by atoms with Gasteiger partial charge in [0.2, 0.25) is 5.91 Å². The molecule has 2 aliphatic heterocycles. The molecule has 1 N–H and O–H groups in total. The zero-order chi connectivity index (χ0) is 17.7. The normalized spacial score (nSPS) is 27.8. The van der Waals surface area contributed by atoms with E-state index in [0.717, 1.165) is 0 Å². The summed E-state index contributed by atoms with van der Waals surface area (Å²) in [6.45, 7) is 3.56. The Morgan fingerprint density at radius 3 is 2.75 bits per heavy atom. The average molecular weight is 349 g/mol. The number of likely N-dealkylation sites (tertiary alicyclic amines) is 1. The molecule has 0 radical (unpaired) electrons. The minimum absolute atomic E-state index is 0.163. The number of ether oxygens (including phenoxy) is 1. The van der Waals surface area contributed by atoms with Gasteiger partial charge in [-0.1, -0.05) is 0 Å². The predicted octanol–water partition coefficient (Wildman–Crippen LogP) is 1.31. The summed E-state index contributed by atoms with van der Waals surface area (Å²) in [7, 11) is -4.83. The molecule has 7 nitrogen and oxygen atoms in total. The second-order valence-electron chi connectivity index (χ2n) is 6.71. The fourth-order valence-electron chi connectivity index (χ4n) is 3.71. The van der Waals surface area contributed by atoms with Crippen LogP contribution >= 0.6 is 7.60 Å². The van der Waals surface area contributed by atoms with Gasteiger partial charge in [-0.2, -0.15) is 5.26 Å². The van der Waals surface area contributed by atoms with Crippen LogP contribution in [0.4, 0.5) is 0 Å². The monoisotopic (exact) mass is 349 g/mol. The zero-order valence-electron chi connectivity index (χ0n) is 13.4. The first-order chi connectivity index (χ1) is 11.1. The van der Waals surface area contributed by atoms with Gasteiger partial charge in [0.1, 0.15) is 18.9 Å². The van der Waals surface area contributed by atoms with Crippen molar-refractivity contribution in [2.45, 2.75) is 44.0 Å². The van der Waals surface area contributed by atoms with Crippen LogP contribution in [0.5, 0.6) is 5.75 Å². The van der Waals surface area contributed by atoms with E-state index in [-0.39, 0.29) is 5.91 Å². The van der Waals surface area contributed by atoms with Gasteiger partial charge in [0.15, 0.2) is 0 Å². The molecular formula is C16H18N2O5P-. The lowest BCUT2D eigenvalue weighted by molar-refractivity contribution is -0.202. The molecular weight excluding hydrogens is 331 g/mol. The Morgan fingerprint density at radius 1 is 1.50 bits per heavy atom. The summed E-state index contributed by atoms with van der Waals surface area (Å²) in [5.74, 6) is 0.262. The Labute approximate surface area is 140 Å². The third kappa shape index (κ3) is 2.71. The SMILES string of the molecule is CC1(C)Oc2ccc(C#N)cc2[C@@H](N2CCCC2=O)[C@@H]1P(=O)([O-])O. The van der Waals surface area contributed by atoms with Crippen molar-refractivity contribution in [1.29, 1.82) is 5.26 Å². The average Bonchev–Trinajstić information content (AvgIpc) is 2.89. The fraction of sp³-hybridized carbons (Fsp3) is 0.500. The van der Waals surface area contributed by atoms with Crippen LogP contribution < -0.4 is 9.63 Å². The number of hydrogen-bond donors (Lipinski definition) is 1. The van der Waals surface area contributed by atoms with Crippen molar-refractivity contribution in [2.75, 3.05) is 6.54 Å². The first-order valence-corrected chi connectivity index (χ1v) is 9.36. The summed E-state index contributed by atoms with van der Waals surface area (Å²) < 4.78 is 17.9. The van der Waals surface area contributed by atoms with Crippen molar-refractivity contribution in [3.05, 3.63) is 29.3 Å². The number of nitrogens with zero attached hydrogens (tertiary/aromatic N) is 2. The van der Waals surface area contributed by atoms with Gasteiger partial charge in [-0.05, 0) is 38.5 Å². The smallest absolute Gasteiger partial charge is 0.223 e. The maximum Gasteiger partial charge on any atom is 0.223 e. The molecule has 1 saturated heterocycles. The molecule has 1 aromatic carbocycles. The molecule has 0 aromatic heterocycles. The van der Waals surface area contributed by atoms with E-state index in [1.807, 2.05) is 6.07 Å². The van der Waals surface area contributed by atoms with Crippen molar-refractivity contribution >= 4 is 13.5 Å². The molecule has 3 rings (SSSR count). The van der Waals surface area contributed by atoms with E-state index in [9.17, 15) is 19.1 Å². The molecule has 8 heteroatoms. The highest BCUT2D eigenvalue weighted by Crippen LogP contribution is 2.57. The maximum atomic E-state index is 12.3. The van der Waals surface area contributed by atoms with Crippen molar-refractivity contribution in [1.82, 2.24) is 4.90 Å². The lowest BCUT2D eigenvalue weighted by Crippen LogP contribution is -2.54. The molecule has 1 unspecified atom stereocenters. The Kier molecular flexibility index (Phi) is 3.95. The van der Waals surface area contributed by atoms with E-state index in [1.54, 1.807) is 26.0 Å². The highest BCUT2D eigenvalue weighted by molar-refractivity contribution is 7.51. The number of rotatable bonds is 2. The Bertz CT molecular complexity index is 779. The molecule has 2 aliphatic rings. The number of benzene rings is 1. The summed E-state index contributed by atoms with van der Waals surface area (Å²) >= 11 is 0. The summed E-state index contributed by atoms with van der Waals surface area (Å²) in [6, 6.07) is 5.84. The van der Waals surface area contributed by atoms with Crippen LogP contribution in [0.2, 0.25) is 0 Å². The molecule has 0 aliphatic carbocycles. The minimum atomic E-state index is -4.83. The second-order valence-corrected chi connectivity index (χ2v) is 8.40. The van der Waals surface area contributed by atoms with Crippen LogP contribution in [-0.4, -0.2) is 33.5 Å². The second kappa shape index (κ2) is 5.59. The molecule has 0 spiro atoms. The summed E-state index contributed by atoms with van der Waals surface area (Å²) in [5, 5.41) is 9.13. The molecule has 0 bridgehead atoms. The van der Waals surface area contributed by atoms with E-state index in [2.05, 4.69) is 0 Å². The van der Waals surface area contributed by atoms with E-state index in [0.29, 0.717) is 36.3 Å².